The molecule has 1 N–H and O–H groups in total. The minimum absolute atomic E-state index is 0.693. The Morgan fingerprint density at radius 2 is 2.33 bits per heavy atom. The number of pyridine rings is 1. The highest BCUT2D eigenvalue weighted by Crippen LogP contribution is 2.03. The molecule has 1 rings (SSSR count). The summed E-state index contributed by atoms with van der Waals surface area (Å²) in [7, 11) is 0. The molecule has 2 nitrogen and oxygen atoms in total. The van der Waals surface area contributed by atoms with Crippen LogP contribution < -0.4 is 5.32 Å². The molecule has 0 radical (unpaired) electrons. The number of nitrogens with zero attached hydrogens (tertiary/aromatic N) is 1. The smallest absolute Gasteiger partial charge is 0.125 e. The molecule has 0 saturated heterocycles. The average Bonchev–Trinajstić information content (AvgIpc) is 2.09. The third-order valence-corrected chi connectivity index (χ3v) is 1.80. The summed E-state index contributed by atoms with van der Waals surface area (Å²) in [6, 6.07) is 4.01. The predicted octanol–water partition coefficient (Wildman–Crippen LogP) is 2.43. The van der Waals surface area contributed by atoms with E-state index in [4.69, 9.17) is 11.6 Å². The van der Waals surface area contributed by atoms with Crippen LogP contribution >= 0.6 is 11.6 Å². The standard InChI is InChI=1S/C9H13ClN2/c1-8-3-4-9(12-7-8)11-6-2-5-10/h3-4,7H,2,5-6H2,1H3,(H,11,12). The van der Waals surface area contributed by atoms with Gasteiger partial charge in [-0.3, -0.25) is 0 Å². The second kappa shape index (κ2) is 4.99. The first kappa shape index (κ1) is 9.33. The Labute approximate surface area is 78.0 Å². The summed E-state index contributed by atoms with van der Waals surface area (Å²) in [5.74, 6) is 1.62. The molecular formula is C9H13ClN2. The fourth-order valence-electron chi connectivity index (χ4n) is 0.856. The molecule has 0 fully saturated rings. The SMILES string of the molecule is Cc1ccc(NCCCCl)nc1. The van der Waals surface area contributed by atoms with Crippen molar-refractivity contribution in [1.29, 1.82) is 0 Å². The zero-order valence-electron chi connectivity index (χ0n) is 7.18. The van der Waals surface area contributed by atoms with Crippen LogP contribution in [0.5, 0.6) is 0 Å². The van der Waals surface area contributed by atoms with Crippen molar-refractivity contribution in [3.05, 3.63) is 23.9 Å². The van der Waals surface area contributed by atoms with Gasteiger partial charge in [0.15, 0.2) is 0 Å². The third kappa shape index (κ3) is 3.09. The molecule has 0 aliphatic heterocycles. The summed E-state index contributed by atoms with van der Waals surface area (Å²) in [6.07, 6.45) is 2.82. The van der Waals surface area contributed by atoms with Gasteiger partial charge in [0.25, 0.3) is 0 Å². The number of nitrogens with one attached hydrogen (secondary N) is 1. The topological polar surface area (TPSA) is 24.9 Å². The minimum Gasteiger partial charge on any atom is -0.370 e. The zero-order valence-corrected chi connectivity index (χ0v) is 7.93. The number of rotatable bonds is 4. The molecule has 0 unspecified atom stereocenters. The van der Waals surface area contributed by atoms with Crippen LogP contribution in [0.1, 0.15) is 12.0 Å². The van der Waals surface area contributed by atoms with Crippen molar-refractivity contribution in [3.63, 3.8) is 0 Å². The molecule has 0 aliphatic rings. The highest BCUT2D eigenvalue weighted by molar-refractivity contribution is 6.17. The Kier molecular flexibility index (Phi) is 3.88. The summed E-state index contributed by atoms with van der Waals surface area (Å²) >= 11 is 5.53. The lowest BCUT2D eigenvalue weighted by Gasteiger charge is -2.03. The van der Waals surface area contributed by atoms with Crippen LogP contribution in [0, 0.1) is 6.92 Å². The van der Waals surface area contributed by atoms with Crippen molar-refractivity contribution >= 4 is 17.4 Å². The molecule has 0 spiro atoms. The molecule has 1 aromatic rings. The van der Waals surface area contributed by atoms with E-state index < -0.39 is 0 Å². The lowest BCUT2D eigenvalue weighted by molar-refractivity contribution is 0.975. The van der Waals surface area contributed by atoms with E-state index in [2.05, 4.69) is 10.3 Å². The Morgan fingerprint density at radius 3 is 2.92 bits per heavy atom. The number of aryl methyl sites for hydroxylation is 1. The maximum Gasteiger partial charge on any atom is 0.125 e. The van der Waals surface area contributed by atoms with Gasteiger partial charge in [-0.05, 0) is 25.0 Å². The van der Waals surface area contributed by atoms with Gasteiger partial charge in [-0.1, -0.05) is 6.07 Å². The maximum absolute atomic E-state index is 5.53. The Bertz CT molecular complexity index is 220. The van der Waals surface area contributed by atoms with E-state index in [1.165, 1.54) is 5.56 Å². The van der Waals surface area contributed by atoms with Crippen LogP contribution in [0.2, 0.25) is 0 Å². The number of hydrogen-bond acceptors (Lipinski definition) is 2. The van der Waals surface area contributed by atoms with Crippen molar-refractivity contribution in [2.45, 2.75) is 13.3 Å². The second-order valence-corrected chi connectivity index (χ2v) is 3.07. The maximum atomic E-state index is 5.53. The van der Waals surface area contributed by atoms with Crippen LogP contribution in [0.15, 0.2) is 18.3 Å². The van der Waals surface area contributed by atoms with E-state index in [1.807, 2.05) is 25.3 Å². The van der Waals surface area contributed by atoms with Gasteiger partial charge in [0, 0.05) is 18.6 Å². The molecule has 0 atom stereocenters. The Morgan fingerprint density at radius 1 is 1.50 bits per heavy atom. The van der Waals surface area contributed by atoms with Crippen molar-refractivity contribution in [3.8, 4) is 0 Å². The third-order valence-electron chi connectivity index (χ3n) is 1.53. The fraction of sp³-hybridized carbons (Fsp3) is 0.444. The molecular weight excluding hydrogens is 172 g/mol. The second-order valence-electron chi connectivity index (χ2n) is 2.69. The number of aromatic nitrogens is 1. The van der Waals surface area contributed by atoms with E-state index in [9.17, 15) is 0 Å². The molecule has 1 heterocycles. The fourth-order valence-corrected chi connectivity index (χ4v) is 0.989. The van der Waals surface area contributed by atoms with Crippen LogP contribution in [0.4, 0.5) is 5.82 Å². The van der Waals surface area contributed by atoms with Crippen molar-refractivity contribution in [1.82, 2.24) is 4.98 Å². The first-order chi connectivity index (χ1) is 5.83. The lowest BCUT2D eigenvalue weighted by atomic mass is 10.3. The van der Waals surface area contributed by atoms with E-state index in [0.717, 1.165) is 18.8 Å². The summed E-state index contributed by atoms with van der Waals surface area (Å²) in [6.45, 7) is 2.91. The summed E-state index contributed by atoms with van der Waals surface area (Å²) < 4.78 is 0. The molecule has 12 heavy (non-hydrogen) atoms. The van der Waals surface area contributed by atoms with Gasteiger partial charge in [0.05, 0.1) is 0 Å². The zero-order chi connectivity index (χ0) is 8.81. The van der Waals surface area contributed by atoms with E-state index in [-0.39, 0.29) is 0 Å². The summed E-state index contributed by atoms with van der Waals surface area (Å²) in [4.78, 5) is 4.20. The van der Waals surface area contributed by atoms with Gasteiger partial charge in [0.2, 0.25) is 0 Å². The number of hydrogen-bond donors (Lipinski definition) is 1. The largest absolute Gasteiger partial charge is 0.370 e. The quantitative estimate of drug-likeness (QED) is 0.575. The highest BCUT2D eigenvalue weighted by atomic mass is 35.5. The highest BCUT2D eigenvalue weighted by Gasteiger charge is 1.90. The molecule has 0 aromatic carbocycles. The monoisotopic (exact) mass is 184 g/mol. The first-order valence-corrected chi connectivity index (χ1v) is 4.59. The number of anilines is 1. The Hall–Kier alpha value is -0.760. The van der Waals surface area contributed by atoms with E-state index >= 15 is 0 Å². The van der Waals surface area contributed by atoms with Crippen molar-refractivity contribution < 1.29 is 0 Å². The predicted molar refractivity (Wildman–Crippen MR) is 52.8 cm³/mol. The molecule has 0 bridgehead atoms. The van der Waals surface area contributed by atoms with Crippen LogP contribution in [0.25, 0.3) is 0 Å². The molecule has 0 saturated carbocycles. The number of halogens is 1. The summed E-state index contributed by atoms with van der Waals surface area (Å²) in [5, 5.41) is 3.18. The van der Waals surface area contributed by atoms with Crippen molar-refractivity contribution in [2.75, 3.05) is 17.7 Å². The average molecular weight is 185 g/mol. The van der Waals surface area contributed by atoms with Crippen molar-refractivity contribution in [2.24, 2.45) is 0 Å². The molecule has 3 heteroatoms. The lowest BCUT2D eigenvalue weighted by Crippen LogP contribution is -2.03. The van der Waals surface area contributed by atoms with Crippen LogP contribution in [0.3, 0.4) is 0 Å². The van der Waals surface area contributed by atoms with E-state index in [0.29, 0.717) is 5.88 Å². The minimum atomic E-state index is 0.693. The number of alkyl halides is 1. The van der Waals surface area contributed by atoms with Crippen LogP contribution in [-0.2, 0) is 0 Å². The normalized spacial score (nSPS) is 9.83. The summed E-state index contributed by atoms with van der Waals surface area (Å²) in [5.41, 5.74) is 1.18. The van der Waals surface area contributed by atoms with Gasteiger partial charge >= 0.3 is 0 Å². The van der Waals surface area contributed by atoms with Gasteiger partial charge in [-0.15, -0.1) is 11.6 Å². The van der Waals surface area contributed by atoms with Gasteiger partial charge in [-0.2, -0.15) is 0 Å². The Balaban J connectivity index is 2.37. The molecule has 0 aliphatic carbocycles. The van der Waals surface area contributed by atoms with Gasteiger partial charge in [0.1, 0.15) is 5.82 Å². The van der Waals surface area contributed by atoms with Crippen LogP contribution in [-0.4, -0.2) is 17.4 Å². The molecule has 66 valence electrons. The first-order valence-electron chi connectivity index (χ1n) is 4.05. The van der Waals surface area contributed by atoms with E-state index in [1.54, 1.807) is 0 Å². The van der Waals surface area contributed by atoms with Gasteiger partial charge < -0.3 is 5.32 Å². The molecule has 0 amide bonds. The molecule has 1 aromatic heterocycles. The van der Waals surface area contributed by atoms with Gasteiger partial charge in [-0.25, -0.2) is 4.98 Å².